The van der Waals surface area contributed by atoms with Gasteiger partial charge < -0.3 is 15.3 Å². The zero-order chi connectivity index (χ0) is 13.2. The van der Waals surface area contributed by atoms with Crippen LogP contribution in [0.25, 0.3) is 0 Å². The van der Waals surface area contributed by atoms with Gasteiger partial charge in [-0.2, -0.15) is 0 Å². The number of hydrogen-bond donors (Lipinski definition) is 2. The summed E-state index contributed by atoms with van der Waals surface area (Å²) in [6.07, 6.45) is 0.693. The van der Waals surface area contributed by atoms with Crippen LogP contribution < -0.4 is 5.32 Å². The topological polar surface area (TPSA) is 52.6 Å². The molecule has 1 amide bonds. The van der Waals surface area contributed by atoms with E-state index in [1.165, 1.54) is 0 Å². The Morgan fingerprint density at radius 2 is 2.22 bits per heavy atom. The van der Waals surface area contributed by atoms with Crippen LogP contribution in [-0.2, 0) is 0 Å². The van der Waals surface area contributed by atoms with E-state index >= 15 is 0 Å². The lowest BCUT2D eigenvalue weighted by Crippen LogP contribution is -2.45. The van der Waals surface area contributed by atoms with Gasteiger partial charge in [-0.1, -0.05) is 18.2 Å². The van der Waals surface area contributed by atoms with E-state index in [2.05, 4.69) is 5.32 Å². The second kappa shape index (κ2) is 5.08. The van der Waals surface area contributed by atoms with Gasteiger partial charge in [-0.3, -0.25) is 4.79 Å². The number of nitrogens with one attached hydrogen (secondary N) is 1. The molecule has 1 fully saturated rings. The molecular weight excluding hydrogens is 228 g/mol. The average Bonchev–Trinajstić information content (AvgIpc) is 2.75. The zero-order valence-corrected chi connectivity index (χ0v) is 10.9. The summed E-state index contributed by atoms with van der Waals surface area (Å²) in [5.41, 5.74) is 0.882. The number of aliphatic hydroxyl groups is 1. The van der Waals surface area contributed by atoms with Gasteiger partial charge in [0.1, 0.15) is 0 Å². The number of nitrogens with zero attached hydrogens (tertiary/aromatic N) is 1. The van der Waals surface area contributed by atoms with E-state index < -0.39 is 5.60 Å². The molecule has 0 radical (unpaired) electrons. The second-order valence-electron chi connectivity index (χ2n) is 5.13. The first kappa shape index (κ1) is 13.1. The molecule has 2 N–H and O–H groups in total. The molecule has 1 saturated heterocycles. The second-order valence-corrected chi connectivity index (χ2v) is 5.13. The molecule has 0 saturated carbocycles. The third-order valence-corrected chi connectivity index (χ3v) is 3.47. The third kappa shape index (κ3) is 2.71. The number of amides is 1. The molecule has 18 heavy (non-hydrogen) atoms. The van der Waals surface area contributed by atoms with Crippen LogP contribution in [0.4, 0.5) is 0 Å². The monoisotopic (exact) mass is 248 g/mol. The molecule has 98 valence electrons. The normalized spacial score (nSPS) is 23.1. The van der Waals surface area contributed by atoms with Crippen LogP contribution in [0.15, 0.2) is 24.3 Å². The molecule has 4 heteroatoms. The Morgan fingerprint density at radius 3 is 2.83 bits per heavy atom. The summed E-state index contributed by atoms with van der Waals surface area (Å²) in [5, 5.41) is 13.4. The lowest BCUT2D eigenvalue weighted by Gasteiger charge is -2.28. The van der Waals surface area contributed by atoms with Gasteiger partial charge in [0.2, 0.25) is 0 Å². The van der Waals surface area contributed by atoms with Crippen molar-refractivity contribution in [3.63, 3.8) is 0 Å². The van der Waals surface area contributed by atoms with Crippen molar-refractivity contribution in [1.29, 1.82) is 0 Å². The van der Waals surface area contributed by atoms with Crippen molar-refractivity contribution in [2.24, 2.45) is 0 Å². The summed E-state index contributed by atoms with van der Waals surface area (Å²) < 4.78 is 0. The van der Waals surface area contributed by atoms with E-state index in [0.717, 1.165) is 12.1 Å². The van der Waals surface area contributed by atoms with Crippen molar-refractivity contribution in [2.75, 3.05) is 26.7 Å². The molecule has 1 atom stereocenters. The van der Waals surface area contributed by atoms with Gasteiger partial charge in [-0.05, 0) is 31.5 Å². The Bertz CT molecular complexity index is 439. The maximum absolute atomic E-state index is 12.3. The lowest BCUT2D eigenvalue weighted by molar-refractivity contribution is 0.0252. The van der Waals surface area contributed by atoms with E-state index in [1.807, 2.05) is 31.2 Å². The molecule has 1 heterocycles. The Hall–Kier alpha value is -1.39. The minimum absolute atomic E-state index is 0.0339. The van der Waals surface area contributed by atoms with Gasteiger partial charge in [0.25, 0.3) is 5.91 Å². The van der Waals surface area contributed by atoms with E-state index in [1.54, 1.807) is 11.9 Å². The van der Waals surface area contributed by atoms with Crippen LogP contribution >= 0.6 is 0 Å². The molecule has 1 aromatic rings. The molecule has 2 rings (SSSR count). The summed E-state index contributed by atoms with van der Waals surface area (Å²) in [7, 11) is 1.74. The van der Waals surface area contributed by atoms with Gasteiger partial charge in [0.05, 0.1) is 12.1 Å². The van der Waals surface area contributed by atoms with E-state index in [0.29, 0.717) is 25.1 Å². The smallest absolute Gasteiger partial charge is 0.253 e. The highest BCUT2D eigenvalue weighted by atomic mass is 16.3. The quantitative estimate of drug-likeness (QED) is 0.831. The van der Waals surface area contributed by atoms with Gasteiger partial charge in [0, 0.05) is 19.2 Å². The molecule has 0 aliphatic carbocycles. The number of carbonyl (C=O) groups excluding carboxylic acids is 1. The van der Waals surface area contributed by atoms with Crippen LogP contribution in [0.5, 0.6) is 0 Å². The highest BCUT2D eigenvalue weighted by Crippen LogP contribution is 2.17. The minimum atomic E-state index is -0.785. The SMILES string of the molecule is Cc1ccccc1C(=O)N(C)CC1(O)CCNC1. The number of carbonyl (C=O) groups is 1. The van der Waals surface area contributed by atoms with Gasteiger partial charge >= 0.3 is 0 Å². The molecular formula is C14H20N2O2. The van der Waals surface area contributed by atoms with Crippen molar-refractivity contribution in [2.45, 2.75) is 18.9 Å². The Kier molecular flexibility index (Phi) is 3.68. The molecule has 0 spiro atoms. The summed E-state index contributed by atoms with van der Waals surface area (Å²) in [5.74, 6) is -0.0339. The Balaban J connectivity index is 2.07. The van der Waals surface area contributed by atoms with Gasteiger partial charge in [-0.15, -0.1) is 0 Å². The predicted molar refractivity (Wildman–Crippen MR) is 70.6 cm³/mol. The van der Waals surface area contributed by atoms with Gasteiger partial charge in [-0.25, -0.2) is 0 Å². The molecule has 4 nitrogen and oxygen atoms in total. The van der Waals surface area contributed by atoms with E-state index in [-0.39, 0.29) is 5.91 Å². The number of likely N-dealkylation sites (N-methyl/N-ethyl adjacent to an activating group) is 1. The third-order valence-electron chi connectivity index (χ3n) is 3.47. The van der Waals surface area contributed by atoms with E-state index in [4.69, 9.17) is 0 Å². The summed E-state index contributed by atoms with van der Waals surface area (Å²) in [4.78, 5) is 13.9. The Labute approximate surface area is 108 Å². The first-order valence-corrected chi connectivity index (χ1v) is 6.26. The number of benzene rings is 1. The van der Waals surface area contributed by atoms with Gasteiger partial charge in [0.15, 0.2) is 0 Å². The van der Waals surface area contributed by atoms with Crippen molar-refractivity contribution < 1.29 is 9.90 Å². The molecule has 1 aromatic carbocycles. The van der Waals surface area contributed by atoms with Crippen LogP contribution in [-0.4, -0.2) is 48.2 Å². The summed E-state index contributed by atoms with van der Waals surface area (Å²) in [6, 6.07) is 7.53. The first-order valence-electron chi connectivity index (χ1n) is 6.26. The van der Waals surface area contributed by atoms with Crippen molar-refractivity contribution >= 4 is 5.91 Å². The predicted octanol–water partition coefficient (Wildman–Crippen LogP) is 0.791. The van der Waals surface area contributed by atoms with Crippen molar-refractivity contribution in [3.05, 3.63) is 35.4 Å². The van der Waals surface area contributed by atoms with E-state index in [9.17, 15) is 9.90 Å². The van der Waals surface area contributed by atoms with Crippen LogP contribution in [0.2, 0.25) is 0 Å². The highest BCUT2D eigenvalue weighted by Gasteiger charge is 2.33. The van der Waals surface area contributed by atoms with Crippen molar-refractivity contribution in [3.8, 4) is 0 Å². The fourth-order valence-electron chi connectivity index (χ4n) is 2.40. The molecule has 0 aromatic heterocycles. The largest absolute Gasteiger partial charge is 0.387 e. The van der Waals surface area contributed by atoms with Crippen molar-refractivity contribution in [1.82, 2.24) is 10.2 Å². The lowest BCUT2D eigenvalue weighted by atomic mass is 10.0. The number of hydrogen-bond acceptors (Lipinski definition) is 3. The molecule has 1 unspecified atom stereocenters. The fourth-order valence-corrected chi connectivity index (χ4v) is 2.40. The Morgan fingerprint density at radius 1 is 1.50 bits per heavy atom. The maximum Gasteiger partial charge on any atom is 0.253 e. The first-order chi connectivity index (χ1) is 8.52. The zero-order valence-electron chi connectivity index (χ0n) is 10.9. The fraction of sp³-hybridized carbons (Fsp3) is 0.500. The minimum Gasteiger partial charge on any atom is -0.387 e. The standard InChI is InChI=1S/C14H20N2O2/c1-11-5-3-4-6-12(11)13(17)16(2)10-14(18)7-8-15-9-14/h3-6,15,18H,7-10H2,1-2H3. The average molecular weight is 248 g/mol. The molecule has 0 bridgehead atoms. The summed E-state index contributed by atoms with van der Waals surface area (Å²) >= 11 is 0. The number of aryl methyl sites for hydroxylation is 1. The van der Waals surface area contributed by atoms with Crippen LogP contribution in [0, 0.1) is 6.92 Å². The molecule has 1 aliphatic heterocycles. The maximum atomic E-state index is 12.3. The highest BCUT2D eigenvalue weighted by molar-refractivity contribution is 5.95. The number of β-amino-alcohol motifs (C(OH)–C–C–N with tert-alkyl or cyclic N) is 1. The van der Waals surface area contributed by atoms with Crippen LogP contribution in [0.3, 0.4) is 0 Å². The summed E-state index contributed by atoms with van der Waals surface area (Å²) in [6.45, 7) is 3.65. The molecule has 1 aliphatic rings. The van der Waals surface area contributed by atoms with Crippen LogP contribution in [0.1, 0.15) is 22.3 Å². The number of rotatable bonds is 3.